The Bertz CT molecular complexity index is 1500. The molecule has 14 heteroatoms. The number of nitrogen functional groups attached to an aromatic ring is 1. The van der Waals surface area contributed by atoms with Gasteiger partial charge in [0.15, 0.2) is 11.9 Å². The molecule has 3 heterocycles. The zero-order valence-electron chi connectivity index (χ0n) is 23.3. The van der Waals surface area contributed by atoms with E-state index in [0.29, 0.717) is 10.9 Å². The van der Waals surface area contributed by atoms with Crippen molar-refractivity contribution in [1.29, 1.82) is 0 Å². The molecule has 1 aliphatic heterocycles. The van der Waals surface area contributed by atoms with Crippen molar-refractivity contribution < 1.29 is 37.4 Å². The molecule has 4 N–H and O–H groups in total. The first-order valence-corrected chi connectivity index (χ1v) is 14.3. The summed E-state index contributed by atoms with van der Waals surface area (Å²) in [6.07, 6.45) is 3.80. The number of benzene rings is 1. The van der Waals surface area contributed by atoms with Gasteiger partial charge < -0.3 is 29.4 Å². The van der Waals surface area contributed by atoms with Crippen LogP contribution in [0, 0.1) is 25.2 Å². The number of alkyl halides is 1. The molecule has 41 heavy (non-hydrogen) atoms. The molecular weight excluding hydrogens is 556 g/mol. The van der Waals surface area contributed by atoms with Crippen LogP contribution in [-0.4, -0.2) is 63.2 Å². The van der Waals surface area contributed by atoms with Crippen LogP contribution in [0.1, 0.15) is 38.1 Å². The third-order valence-corrected chi connectivity index (χ3v) is 8.37. The molecule has 3 aromatic rings. The standard InChI is InChI=1S/C27H33FN5O7P/c1-7-17-12-33(24-20(17)23(29)30-14-31-24)26-27(5,28)22(34)19(39-26)13-38-41(36,32-21(15(2)3)25(35)37-6)40-18-10-8-16(4)9-11-18/h1,8-12,14-15,19,21-22,26,34H,13H2,2-6H3,(H,32,36)(H2,29,30,31)/t19-,21?,22-,26-,27-,41?/m1/s1. The first kappa shape index (κ1) is 30.4. The van der Waals surface area contributed by atoms with E-state index in [2.05, 4.69) is 21.0 Å². The molecule has 0 aliphatic carbocycles. The number of nitrogens with zero attached hydrogens (tertiary/aromatic N) is 3. The predicted molar refractivity (Wildman–Crippen MR) is 148 cm³/mol. The van der Waals surface area contributed by atoms with Crippen LogP contribution < -0.4 is 15.3 Å². The first-order chi connectivity index (χ1) is 19.3. The fourth-order valence-electron chi connectivity index (χ4n) is 4.52. The molecule has 4 rings (SSSR count). The molecule has 2 aromatic heterocycles. The number of hydrogen-bond acceptors (Lipinski definition) is 10. The van der Waals surface area contributed by atoms with E-state index in [1.807, 2.05) is 6.92 Å². The maximum Gasteiger partial charge on any atom is 0.459 e. The van der Waals surface area contributed by atoms with Crippen molar-refractivity contribution in [2.45, 2.75) is 57.8 Å². The summed E-state index contributed by atoms with van der Waals surface area (Å²) in [5.74, 6) is 1.72. The van der Waals surface area contributed by atoms with E-state index < -0.39 is 50.5 Å². The van der Waals surface area contributed by atoms with Gasteiger partial charge in [-0.3, -0.25) is 9.32 Å². The molecule has 220 valence electrons. The van der Waals surface area contributed by atoms with Gasteiger partial charge in [0.05, 0.1) is 24.7 Å². The van der Waals surface area contributed by atoms with Crippen LogP contribution in [0.4, 0.5) is 10.2 Å². The lowest BCUT2D eigenvalue weighted by Gasteiger charge is -2.27. The Balaban J connectivity index is 1.62. The number of esters is 1. The van der Waals surface area contributed by atoms with Crippen LogP contribution in [-0.2, 0) is 23.4 Å². The van der Waals surface area contributed by atoms with Gasteiger partial charge in [0, 0.05) is 6.20 Å². The van der Waals surface area contributed by atoms with Gasteiger partial charge in [-0.15, -0.1) is 6.42 Å². The van der Waals surface area contributed by atoms with Crippen molar-refractivity contribution >= 4 is 30.6 Å². The lowest BCUT2D eigenvalue weighted by molar-refractivity contribution is -0.143. The van der Waals surface area contributed by atoms with E-state index in [1.165, 1.54) is 24.2 Å². The van der Waals surface area contributed by atoms with E-state index >= 15 is 4.39 Å². The molecule has 0 bridgehead atoms. The molecule has 1 saturated heterocycles. The quantitative estimate of drug-likeness (QED) is 0.181. The molecule has 1 aliphatic rings. The van der Waals surface area contributed by atoms with Gasteiger partial charge in [0.2, 0.25) is 0 Å². The van der Waals surface area contributed by atoms with E-state index in [9.17, 15) is 14.5 Å². The summed E-state index contributed by atoms with van der Waals surface area (Å²) in [5, 5.41) is 13.9. The maximum atomic E-state index is 16.1. The summed E-state index contributed by atoms with van der Waals surface area (Å²) in [6.45, 7) is 5.89. The number of fused-ring (bicyclic) bond motifs is 1. The largest absolute Gasteiger partial charge is 0.468 e. The molecular formula is C27H33FN5O7P. The summed E-state index contributed by atoms with van der Waals surface area (Å²) in [5.41, 5.74) is 5.07. The fourth-order valence-corrected chi connectivity index (χ4v) is 6.18. The summed E-state index contributed by atoms with van der Waals surface area (Å²) >= 11 is 0. The van der Waals surface area contributed by atoms with Gasteiger partial charge in [-0.25, -0.2) is 18.9 Å². The molecule has 1 fully saturated rings. The smallest absolute Gasteiger partial charge is 0.459 e. The lowest BCUT2D eigenvalue weighted by Crippen LogP contribution is -2.43. The van der Waals surface area contributed by atoms with Crippen LogP contribution in [0.5, 0.6) is 5.75 Å². The van der Waals surface area contributed by atoms with E-state index in [-0.39, 0.29) is 23.1 Å². The molecule has 0 saturated carbocycles. The number of ether oxygens (including phenoxy) is 2. The van der Waals surface area contributed by atoms with Gasteiger partial charge in [0.1, 0.15) is 41.8 Å². The highest BCUT2D eigenvalue weighted by Gasteiger charge is 2.56. The monoisotopic (exact) mass is 589 g/mol. The van der Waals surface area contributed by atoms with E-state index in [1.54, 1.807) is 38.1 Å². The number of terminal acetylenes is 1. The topological polar surface area (TPSA) is 160 Å². The number of rotatable bonds is 10. The average Bonchev–Trinajstić information content (AvgIpc) is 3.41. The Hall–Kier alpha value is -3.53. The number of carbonyl (C=O) groups excluding carboxylic acids is 1. The zero-order valence-corrected chi connectivity index (χ0v) is 24.2. The van der Waals surface area contributed by atoms with Gasteiger partial charge in [-0.2, -0.15) is 5.09 Å². The van der Waals surface area contributed by atoms with Crippen LogP contribution in [0.25, 0.3) is 11.0 Å². The summed E-state index contributed by atoms with van der Waals surface area (Å²) in [6, 6.07) is 5.58. The molecule has 12 nitrogen and oxygen atoms in total. The third-order valence-electron chi connectivity index (χ3n) is 6.84. The maximum absolute atomic E-state index is 16.1. The van der Waals surface area contributed by atoms with Gasteiger partial charge in [-0.1, -0.05) is 37.5 Å². The van der Waals surface area contributed by atoms with Crippen LogP contribution in [0.3, 0.4) is 0 Å². The Morgan fingerprint density at radius 3 is 2.66 bits per heavy atom. The zero-order chi connectivity index (χ0) is 30.1. The summed E-state index contributed by atoms with van der Waals surface area (Å²) in [7, 11) is -3.13. The van der Waals surface area contributed by atoms with Gasteiger partial charge >= 0.3 is 13.7 Å². The van der Waals surface area contributed by atoms with Gasteiger partial charge in [0.25, 0.3) is 0 Å². The Labute approximate surface area is 236 Å². The minimum atomic E-state index is -4.33. The van der Waals surface area contributed by atoms with Crippen molar-refractivity contribution in [3.8, 4) is 18.1 Å². The van der Waals surface area contributed by atoms with Gasteiger partial charge in [-0.05, 0) is 31.9 Å². The third kappa shape index (κ3) is 6.07. The van der Waals surface area contributed by atoms with Crippen molar-refractivity contribution in [3.63, 3.8) is 0 Å². The molecule has 0 spiro atoms. The number of nitrogens with two attached hydrogens (primary N) is 1. The minimum absolute atomic E-state index is 0.103. The average molecular weight is 590 g/mol. The Morgan fingerprint density at radius 2 is 2.05 bits per heavy atom. The number of aliphatic hydroxyl groups excluding tert-OH is 1. The summed E-state index contributed by atoms with van der Waals surface area (Å²) < 4.78 is 53.5. The number of halogens is 1. The Kier molecular flexibility index (Phi) is 8.73. The molecule has 2 unspecified atom stereocenters. The number of aryl methyl sites for hydroxylation is 1. The van der Waals surface area contributed by atoms with Crippen LogP contribution in [0.15, 0.2) is 36.8 Å². The lowest BCUT2D eigenvalue weighted by atomic mass is 9.98. The number of aliphatic hydroxyl groups is 1. The highest BCUT2D eigenvalue weighted by Crippen LogP contribution is 2.48. The normalized spacial score (nSPS) is 24.6. The minimum Gasteiger partial charge on any atom is -0.468 e. The number of methoxy groups -OCH3 is 1. The van der Waals surface area contributed by atoms with Crippen molar-refractivity contribution in [3.05, 3.63) is 47.9 Å². The number of carbonyl (C=O) groups is 1. The highest BCUT2D eigenvalue weighted by atomic mass is 31.2. The molecule has 0 radical (unpaired) electrons. The number of nitrogens with one attached hydrogen (secondary N) is 1. The first-order valence-electron chi connectivity index (χ1n) is 12.8. The number of aromatic nitrogens is 3. The van der Waals surface area contributed by atoms with Crippen molar-refractivity contribution in [1.82, 2.24) is 19.6 Å². The number of hydrogen-bond donors (Lipinski definition) is 3. The SMILES string of the molecule is C#Cc1cn([C@@H]2O[C@H](COP(=O)(NC(C(=O)OC)C(C)C)Oc3ccc(C)cc3)[C@@H](O)[C@@]2(C)F)c2ncnc(N)c12. The van der Waals surface area contributed by atoms with E-state index in [0.717, 1.165) is 12.5 Å². The second-order valence-electron chi connectivity index (χ2n) is 10.2. The fraction of sp³-hybridized carbons (Fsp3) is 0.444. The molecule has 0 amide bonds. The number of anilines is 1. The highest BCUT2D eigenvalue weighted by molar-refractivity contribution is 7.52. The second kappa shape index (κ2) is 11.8. The van der Waals surface area contributed by atoms with Crippen molar-refractivity contribution in [2.75, 3.05) is 19.5 Å². The van der Waals surface area contributed by atoms with Crippen LogP contribution in [0.2, 0.25) is 0 Å². The van der Waals surface area contributed by atoms with E-state index in [4.69, 9.17) is 30.7 Å². The molecule has 6 atom stereocenters. The predicted octanol–water partition coefficient (Wildman–Crippen LogP) is 3.28. The Morgan fingerprint density at radius 1 is 1.37 bits per heavy atom. The second-order valence-corrected chi connectivity index (χ2v) is 11.9. The molecule has 1 aromatic carbocycles. The summed E-state index contributed by atoms with van der Waals surface area (Å²) in [4.78, 5) is 20.5. The van der Waals surface area contributed by atoms with Crippen molar-refractivity contribution in [2.24, 2.45) is 5.92 Å². The van der Waals surface area contributed by atoms with Crippen LogP contribution >= 0.6 is 7.75 Å².